The number of nitrogens with one attached hydrogen (secondary N) is 1. The van der Waals surface area contributed by atoms with Crippen LogP contribution in [0.5, 0.6) is 0 Å². The third-order valence-corrected chi connectivity index (χ3v) is 6.28. The third kappa shape index (κ3) is 3.72. The molecule has 2 fully saturated rings. The Kier molecular flexibility index (Phi) is 5.05. The van der Waals surface area contributed by atoms with Crippen LogP contribution in [0.15, 0.2) is 0 Å². The summed E-state index contributed by atoms with van der Waals surface area (Å²) in [5, 5.41) is 12.8. The summed E-state index contributed by atoms with van der Waals surface area (Å²) >= 11 is 0. The number of nitrogens with zero attached hydrogens (tertiary/aromatic N) is 2. The predicted molar refractivity (Wildman–Crippen MR) is 79.1 cm³/mol. The van der Waals surface area contributed by atoms with Gasteiger partial charge in [-0.05, 0) is 45.2 Å². The molecule has 6 heteroatoms. The lowest BCUT2D eigenvalue weighted by molar-refractivity contribution is 0.128. The van der Waals surface area contributed by atoms with Crippen LogP contribution in [-0.2, 0) is 9.84 Å². The zero-order chi connectivity index (χ0) is 14.6. The van der Waals surface area contributed by atoms with Crippen molar-refractivity contribution < 1.29 is 8.42 Å². The minimum absolute atomic E-state index is 0.268. The Morgan fingerprint density at radius 2 is 2.15 bits per heavy atom. The van der Waals surface area contributed by atoms with Crippen LogP contribution in [0, 0.1) is 11.3 Å². The highest BCUT2D eigenvalue weighted by atomic mass is 32.2. The van der Waals surface area contributed by atoms with Crippen LogP contribution in [0.1, 0.15) is 39.0 Å². The fourth-order valence-electron chi connectivity index (χ4n) is 3.52. The van der Waals surface area contributed by atoms with Gasteiger partial charge in [0, 0.05) is 12.6 Å². The number of hydrogen-bond donors (Lipinski definition) is 1. The van der Waals surface area contributed by atoms with Crippen molar-refractivity contribution in [2.75, 3.05) is 31.1 Å². The van der Waals surface area contributed by atoms with Crippen LogP contribution in [-0.4, -0.2) is 56.0 Å². The van der Waals surface area contributed by atoms with Crippen molar-refractivity contribution in [1.82, 2.24) is 10.2 Å². The Bertz CT molecular complexity index is 467. The average Bonchev–Trinajstić information content (AvgIpc) is 2.60. The fraction of sp³-hybridized carbons (Fsp3) is 0.929. The Morgan fingerprint density at radius 3 is 2.85 bits per heavy atom. The molecule has 1 aliphatic carbocycles. The molecule has 0 aromatic carbocycles. The highest BCUT2D eigenvalue weighted by molar-refractivity contribution is 7.91. The van der Waals surface area contributed by atoms with Gasteiger partial charge in [-0.1, -0.05) is 6.92 Å². The van der Waals surface area contributed by atoms with E-state index in [-0.39, 0.29) is 5.75 Å². The number of sulfone groups is 1. The van der Waals surface area contributed by atoms with Crippen LogP contribution >= 0.6 is 0 Å². The Labute approximate surface area is 122 Å². The number of hydrogen-bond acceptors (Lipinski definition) is 5. The molecular weight excluding hydrogens is 274 g/mol. The molecule has 2 rings (SSSR count). The minimum Gasteiger partial charge on any atom is -0.300 e. The maximum Gasteiger partial charge on any atom is 0.151 e. The molecule has 1 saturated carbocycles. The van der Waals surface area contributed by atoms with Crippen molar-refractivity contribution in [2.45, 2.75) is 50.6 Å². The molecule has 0 aromatic heterocycles. The Balaban J connectivity index is 2.03. The molecule has 2 atom stereocenters. The summed E-state index contributed by atoms with van der Waals surface area (Å²) in [5.41, 5.74) is -0.414. The molecule has 1 saturated heterocycles. The molecular formula is C14H25N3O2S. The van der Waals surface area contributed by atoms with E-state index in [1.54, 1.807) is 0 Å². The zero-order valence-electron chi connectivity index (χ0n) is 12.3. The molecule has 0 spiro atoms. The first-order valence-electron chi connectivity index (χ1n) is 7.61. The van der Waals surface area contributed by atoms with Crippen LogP contribution in [0.4, 0.5) is 0 Å². The largest absolute Gasteiger partial charge is 0.300 e. The van der Waals surface area contributed by atoms with Gasteiger partial charge in [0.2, 0.25) is 0 Å². The van der Waals surface area contributed by atoms with Gasteiger partial charge in [0.1, 0.15) is 5.54 Å². The lowest BCUT2D eigenvalue weighted by atomic mass is 9.79. The van der Waals surface area contributed by atoms with Crippen molar-refractivity contribution in [3.8, 4) is 6.07 Å². The molecule has 2 aliphatic rings. The molecule has 2 unspecified atom stereocenters. The third-order valence-electron chi connectivity index (χ3n) is 4.56. The van der Waals surface area contributed by atoms with Gasteiger partial charge in [0.05, 0.1) is 17.6 Å². The van der Waals surface area contributed by atoms with E-state index < -0.39 is 15.4 Å². The SMILES string of the molecule is CCNC1(C#N)CCCC(N2CCCS(=O)(=O)CC2)C1. The van der Waals surface area contributed by atoms with Crippen molar-refractivity contribution in [3.63, 3.8) is 0 Å². The zero-order valence-corrected chi connectivity index (χ0v) is 13.1. The maximum absolute atomic E-state index is 11.7. The fourth-order valence-corrected chi connectivity index (χ4v) is 4.81. The summed E-state index contributed by atoms with van der Waals surface area (Å²) in [4.78, 5) is 2.30. The molecule has 0 amide bonds. The van der Waals surface area contributed by atoms with Gasteiger partial charge in [-0.25, -0.2) is 8.42 Å². The van der Waals surface area contributed by atoms with Gasteiger partial charge < -0.3 is 0 Å². The van der Waals surface area contributed by atoms with Gasteiger partial charge in [-0.2, -0.15) is 5.26 Å². The predicted octanol–water partition coefficient (Wildman–Crippen LogP) is 0.921. The average molecular weight is 299 g/mol. The summed E-state index contributed by atoms with van der Waals surface area (Å²) < 4.78 is 23.4. The topological polar surface area (TPSA) is 73.2 Å². The monoisotopic (exact) mass is 299 g/mol. The standard InChI is InChI=1S/C14H25N3O2S/c1-2-16-14(12-15)6-3-5-13(11-14)17-7-4-9-20(18,19)10-8-17/h13,16H,2-11H2,1H3. The summed E-state index contributed by atoms with van der Waals surface area (Å²) in [6.07, 6.45) is 4.56. The lowest BCUT2D eigenvalue weighted by Crippen LogP contribution is -2.53. The minimum atomic E-state index is -2.86. The van der Waals surface area contributed by atoms with E-state index in [0.29, 0.717) is 18.3 Å². The van der Waals surface area contributed by atoms with E-state index >= 15 is 0 Å². The molecule has 20 heavy (non-hydrogen) atoms. The highest BCUT2D eigenvalue weighted by Crippen LogP contribution is 2.31. The molecule has 1 aliphatic heterocycles. The summed E-state index contributed by atoms with van der Waals surface area (Å²) in [6.45, 7) is 4.30. The van der Waals surface area contributed by atoms with E-state index in [1.165, 1.54) is 0 Å². The van der Waals surface area contributed by atoms with Gasteiger partial charge in [-0.3, -0.25) is 10.2 Å². The van der Waals surface area contributed by atoms with Gasteiger partial charge in [0.15, 0.2) is 9.84 Å². The first-order valence-corrected chi connectivity index (χ1v) is 9.43. The van der Waals surface area contributed by atoms with Crippen LogP contribution in [0.2, 0.25) is 0 Å². The van der Waals surface area contributed by atoms with Gasteiger partial charge >= 0.3 is 0 Å². The van der Waals surface area contributed by atoms with Crippen molar-refractivity contribution in [2.24, 2.45) is 0 Å². The Hall–Kier alpha value is -0.640. The molecule has 114 valence electrons. The second-order valence-corrected chi connectivity index (χ2v) is 8.32. The van der Waals surface area contributed by atoms with Crippen LogP contribution in [0.3, 0.4) is 0 Å². The molecule has 0 radical (unpaired) electrons. The molecule has 1 N–H and O–H groups in total. The normalized spacial score (nSPS) is 35.1. The molecule has 0 aromatic rings. The molecule has 0 bridgehead atoms. The second kappa shape index (κ2) is 6.42. The quantitative estimate of drug-likeness (QED) is 0.839. The van der Waals surface area contributed by atoms with Crippen molar-refractivity contribution >= 4 is 9.84 Å². The van der Waals surface area contributed by atoms with E-state index in [0.717, 1.165) is 45.2 Å². The van der Waals surface area contributed by atoms with E-state index in [9.17, 15) is 13.7 Å². The Morgan fingerprint density at radius 1 is 1.35 bits per heavy atom. The van der Waals surface area contributed by atoms with Crippen LogP contribution in [0.25, 0.3) is 0 Å². The van der Waals surface area contributed by atoms with Gasteiger partial charge in [0.25, 0.3) is 0 Å². The van der Waals surface area contributed by atoms with Gasteiger partial charge in [-0.15, -0.1) is 0 Å². The summed E-state index contributed by atoms with van der Waals surface area (Å²) in [6, 6.07) is 2.81. The first kappa shape index (κ1) is 15.7. The smallest absolute Gasteiger partial charge is 0.151 e. The summed E-state index contributed by atoms with van der Waals surface area (Å²) in [7, 11) is -2.86. The van der Waals surface area contributed by atoms with E-state index in [4.69, 9.17) is 0 Å². The van der Waals surface area contributed by atoms with Crippen molar-refractivity contribution in [1.29, 1.82) is 5.26 Å². The first-order chi connectivity index (χ1) is 9.50. The van der Waals surface area contributed by atoms with Crippen molar-refractivity contribution in [3.05, 3.63) is 0 Å². The highest BCUT2D eigenvalue weighted by Gasteiger charge is 2.38. The second-order valence-electron chi connectivity index (χ2n) is 6.02. The van der Waals surface area contributed by atoms with Crippen LogP contribution < -0.4 is 5.32 Å². The summed E-state index contributed by atoms with van der Waals surface area (Å²) in [5.74, 6) is 0.580. The molecule has 1 heterocycles. The lowest BCUT2D eigenvalue weighted by Gasteiger charge is -2.41. The van der Waals surface area contributed by atoms with E-state index in [2.05, 4.69) is 16.3 Å². The number of rotatable bonds is 3. The van der Waals surface area contributed by atoms with E-state index in [1.807, 2.05) is 6.92 Å². The number of nitriles is 1. The maximum atomic E-state index is 11.7. The molecule has 5 nitrogen and oxygen atoms in total.